The van der Waals surface area contributed by atoms with Crippen LogP contribution in [0.4, 0.5) is 0 Å². The van der Waals surface area contributed by atoms with Gasteiger partial charge in [-0.15, -0.1) is 0 Å². The monoisotopic (exact) mass is 295 g/mol. The summed E-state index contributed by atoms with van der Waals surface area (Å²) in [7, 11) is 4.12. The van der Waals surface area contributed by atoms with Gasteiger partial charge in [0.1, 0.15) is 5.76 Å². The number of amides is 1. The van der Waals surface area contributed by atoms with Crippen LogP contribution >= 0.6 is 0 Å². The van der Waals surface area contributed by atoms with Crippen LogP contribution in [0.3, 0.4) is 0 Å². The van der Waals surface area contributed by atoms with E-state index in [1.54, 1.807) is 0 Å². The summed E-state index contributed by atoms with van der Waals surface area (Å²) in [4.78, 5) is 14.7. The molecule has 0 aliphatic heterocycles. The molecule has 0 aromatic carbocycles. The van der Waals surface area contributed by atoms with Gasteiger partial charge in [0, 0.05) is 23.6 Å². The van der Waals surface area contributed by atoms with Gasteiger partial charge in [0.2, 0.25) is 0 Å². The molecular weight excluding hydrogens is 266 g/mol. The number of hydrogen-bond donors (Lipinski definition) is 1. The minimum atomic E-state index is -0.156. The molecule has 5 heteroatoms. The zero-order valence-electron chi connectivity index (χ0n) is 14.4. The average Bonchev–Trinajstić information content (AvgIpc) is 2.81. The molecule has 21 heavy (non-hydrogen) atoms. The zero-order valence-corrected chi connectivity index (χ0v) is 14.4. The molecule has 120 valence electrons. The molecule has 0 fully saturated rings. The first-order valence-electron chi connectivity index (χ1n) is 7.77. The number of aryl methyl sites for hydroxylation is 1. The Morgan fingerprint density at radius 1 is 1.33 bits per heavy atom. The lowest BCUT2D eigenvalue weighted by atomic mass is 9.84. The zero-order chi connectivity index (χ0) is 16.2. The number of rotatable bonds is 7. The van der Waals surface area contributed by atoms with Crippen molar-refractivity contribution < 1.29 is 9.32 Å². The van der Waals surface area contributed by atoms with E-state index >= 15 is 0 Å². The SMILES string of the molecule is CCc1onc(C(=O)NC(C)C(CC)(CC)N(C)C)c1C. The fourth-order valence-corrected chi connectivity index (χ4v) is 3.19. The summed E-state index contributed by atoms with van der Waals surface area (Å²) in [6, 6.07) is 0.0242. The van der Waals surface area contributed by atoms with E-state index in [0.717, 1.165) is 30.6 Å². The van der Waals surface area contributed by atoms with Gasteiger partial charge in [0.15, 0.2) is 5.69 Å². The highest BCUT2D eigenvalue weighted by molar-refractivity contribution is 5.93. The Kier molecular flexibility index (Phi) is 5.96. The molecule has 0 spiro atoms. The number of carbonyl (C=O) groups is 1. The first-order valence-corrected chi connectivity index (χ1v) is 7.77. The molecule has 0 aliphatic rings. The Balaban J connectivity index is 2.93. The van der Waals surface area contributed by atoms with Gasteiger partial charge in [0.25, 0.3) is 5.91 Å². The van der Waals surface area contributed by atoms with Crippen molar-refractivity contribution in [1.29, 1.82) is 0 Å². The Bertz CT molecular complexity index is 476. The van der Waals surface area contributed by atoms with Gasteiger partial charge in [-0.1, -0.05) is 25.9 Å². The molecule has 1 N–H and O–H groups in total. The van der Waals surface area contributed by atoms with E-state index in [-0.39, 0.29) is 17.5 Å². The molecule has 5 nitrogen and oxygen atoms in total. The van der Waals surface area contributed by atoms with E-state index in [4.69, 9.17) is 4.52 Å². The quantitative estimate of drug-likeness (QED) is 0.840. The maximum atomic E-state index is 12.5. The number of hydrogen-bond acceptors (Lipinski definition) is 4. The summed E-state index contributed by atoms with van der Waals surface area (Å²) in [5, 5.41) is 7.01. The van der Waals surface area contributed by atoms with Gasteiger partial charge >= 0.3 is 0 Å². The minimum absolute atomic E-state index is 0.0242. The summed E-state index contributed by atoms with van der Waals surface area (Å²) in [6.45, 7) is 10.2. The maximum absolute atomic E-state index is 12.5. The number of nitrogens with zero attached hydrogens (tertiary/aromatic N) is 2. The predicted molar refractivity (Wildman–Crippen MR) is 84.5 cm³/mol. The molecule has 0 bridgehead atoms. The number of aromatic nitrogens is 1. The molecule has 0 radical (unpaired) electrons. The second-order valence-electron chi connectivity index (χ2n) is 5.83. The molecule has 1 atom stereocenters. The van der Waals surface area contributed by atoms with E-state index in [2.05, 4.69) is 50.2 Å². The largest absolute Gasteiger partial charge is 0.360 e. The normalized spacial score (nSPS) is 13.5. The second kappa shape index (κ2) is 7.07. The van der Waals surface area contributed by atoms with Crippen LogP contribution in [0.15, 0.2) is 4.52 Å². The molecule has 1 rings (SSSR count). The number of nitrogens with one attached hydrogen (secondary N) is 1. The van der Waals surface area contributed by atoms with Gasteiger partial charge in [-0.3, -0.25) is 4.79 Å². The molecule has 1 aromatic heterocycles. The van der Waals surface area contributed by atoms with Crippen LogP contribution < -0.4 is 5.32 Å². The van der Waals surface area contributed by atoms with Crippen molar-refractivity contribution in [3.05, 3.63) is 17.0 Å². The molecule has 1 amide bonds. The fourth-order valence-electron chi connectivity index (χ4n) is 3.19. The first-order chi connectivity index (χ1) is 9.83. The fraction of sp³-hybridized carbons (Fsp3) is 0.750. The topological polar surface area (TPSA) is 58.4 Å². The van der Waals surface area contributed by atoms with Crippen molar-refractivity contribution in [2.45, 2.75) is 65.5 Å². The highest BCUT2D eigenvalue weighted by Crippen LogP contribution is 2.26. The van der Waals surface area contributed by atoms with Crippen LogP contribution in [0.1, 0.15) is 62.3 Å². The van der Waals surface area contributed by atoms with Crippen molar-refractivity contribution in [1.82, 2.24) is 15.4 Å². The second-order valence-corrected chi connectivity index (χ2v) is 5.83. The summed E-state index contributed by atoms with van der Waals surface area (Å²) in [6.07, 6.45) is 2.68. The Labute approximate surface area is 128 Å². The van der Waals surface area contributed by atoms with E-state index in [9.17, 15) is 4.79 Å². The van der Waals surface area contributed by atoms with E-state index in [0.29, 0.717) is 5.69 Å². The van der Waals surface area contributed by atoms with Crippen LogP contribution in [0.5, 0.6) is 0 Å². The summed E-state index contributed by atoms with van der Waals surface area (Å²) in [5.74, 6) is 0.620. The number of likely N-dealkylation sites (N-methyl/N-ethyl adjacent to an activating group) is 1. The maximum Gasteiger partial charge on any atom is 0.274 e. The Morgan fingerprint density at radius 3 is 2.29 bits per heavy atom. The predicted octanol–water partition coefficient (Wildman–Crippen LogP) is 2.78. The first kappa shape index (κ1) is 17.7. The number of carbonyl (C=O) groups excluding carboxylic acids is 1. The minimum Gasteiger partial charge on any atom is -0.360 e. The summed E-state index contributed by atoms with van der Waals surface area (Å²) < 4.78 is 5.21. The van der Waals surface area contributed by atoms with Gasteiger partial charge in [-0.05, 0) is 40.8 Å². The summed E-state index contributed by atoms with van der Waals surface area (Å²) >= 11 is 0. The third-order valence-electron chi connectivity index (χ3n) is 4.83. The van der Waals surface area contributed by atoms with Gasteiger partial charge in [-0.2, -0.15) is 0 Å². The molecule has 0 aliphatic carbocycles. The van der Waals surface area contributed by atoms with Gasteiger partial charge < -0.3 is 14.7 Å². The van der Waals surface area contributed by atoms with Crippen LogP contribution in [0.2, 0.25) is 0 Å². The smallest absolute Gasteiger partial charge is 0.274 e. The van der Waals surface area contributed by atoms with E-state index < -0.39 is 0 Å². The van der Waals surface area contributed by atoms with Crippen LogP contribution in [0.25, 0.3) is 0 Å². The third kappa shape index (κ3) is 3.28. The van der Waals surface area contributed by atoms with Crippen LogP contribution in [-0.2, 0) is 6.42 Å². The van der Waals surface area contributed by atoms with Crippen molar-refractivity contribution in [2.24, 2.45) is 0 Å². The lowest BCUT2D eigenvalue weighted by Gasteiger charge is -2.43. The molecule has 0 saturated heterocycles. The molecule has 1 aromatic rings. The van der Waals surface area contributed by atoms with Gasteiger partial charge in [-0.25, -0.2) is 0 Å². The van der Waals surface area contributed by atoms with Crippen molar-refractivity contribution in [3.8, 4) is 0 Å². The highest BCUT2D eigenvalue weighted by Gasteiger charge is 2.36. The molecule has 1 unspecified atom stereocenters. The Hall–Kier alpha value is -1.36. The lowest BCUT2D eigenvalue weighted by Crippen LogP contribution is -2.58. The van der Waals surface area contributed by atoms with E-state index in [1.807, 2.05) is 13.8 Å². The Morgan fingerprint density at radius 2 is 1.90 bits per heavy atom. The van der Waals surface area contributed by atoms with Crippen LogP contribution in [-0.4, -0.2) is 41.6 Å². The van der Waals surface area contributed by atoms with Gasteiger partial charge in [0.05, 0.1) is 0 Å². The van der Waals surface area contributed by atoms with Crippen molar-refractivity contribution >= 4 is 5.91 Å². The molecule has 1 heterocycles. The molecular formula is C16H29N3O2. The standard InChI is InChI=1S/C16H29N3O2/c1-8-13-11(4)14(18-21-13)15(20)17-12(5)16(9-2,10-3)19(6)7/h12H,8-10H2,1-7H3,(H,17,20). The van der Waals surface area contributed by atoms with Crippen molar-refractivity contribution in [3.63, 3.8) is 0 Å². The lowest BCUT2D eigenvalue weighted by molar-refractivity contribution is 0.0739. The highest BCUT2D eigenvalue weighted by atomic mass is 16.5. The van der Waals surface area contributed by atoms with E-state index in [1.165, 1.54) is 0 Å². The average molecular weight is 295 g/mol. The van der Waals surface area contributed by atoms with Crippen LogP contribution in [0, 0.1) is 6.92 Å². The van der Waals surface area contributed by atoms with Crippen molar-refractivity contribution in [2.75, 3.05) is 14.1 Å². The third-order valence-corrected chi connectivity index (χ3v) is 4.83. The summed E-state index contributed by atoms with van der Waals surface area (Å²) in [5.41, 5.74) is 1.19. The molecule has 0 saturated carbocycles.